The molecular formula is C35H64O3. The number of carbonyl (C=O) groups excluding carboxylic acids is 1. The Morgan fingerprint density at radius 1 is 0.974 bits per heavy atom. The zero-order chi connectivity index (χ0) is 30.6. The van der Waals surface area contributed by atoms with E-state index in [9.17, 15) is 4.79 Å². The molecule has 0 aromatic carbocycles. The summed E-state index contributed by atoms with van der Waals surface area (Å²) in [7, 11) is 0. The molecule has 1 rings (SSSR count). The largest absolute Gasteiger partial charge is 0.482 e. The van der Waals surface area contributed by atoms with Gasteiger partial charge in [-0.15, -0.1) is 6.58 Å². The molecule has 1 saturated carbocycles. The number of allylic oxidation sites excluding steroid dienone is 5. The van der Waals surface area contributed by atoms with Gasteiger partial charge in [-0.3, -0.25) is 0 Å². The van der Waals surface area contributed by atoms with Crippen molar-refractivity contribution in [3.8, 4) is 0 Å². The van der Waals surface area contributed by atoms with Crippen molar-refractivity contribution in [2.24, 2.45) is 16.7 Å². The summed E-state index contributed by atoms with van der Waals surface area (Å²) in [5, 5.41) is 0. The van der Waals surface area contributed by atoms with Gasteiger partial charge in [-0.2, -0.15) is 0 Å². The van der Waals surface area contributed by atoms with Gasteiger partial charge in [-0.05, 0) is 88.0 Å². The molecule has 0 N–H and O–H groups in total. The predicted molar refractivity (Wildman–Crippen MR) is 170 cm³/mol. The van der Waals surface area contributed by atoms with Gasteiger partial charge in [0.1, 0.15) is 11.4 Å². The van der Waals surface area contributed by atoms with Crippen LogP contribution < -0.4 is 0 Å². The van der Waals surface area contributed by atoms with E-state index in [1.165, 1.54) is 12.0 Å². The highest BCUT2D eigenvalue weighted by molar-refractivity contribution is 5.71. The molecule has 1 fully saturated rings. The van der Waals surface area contributed by atoms with Gasteiger partial charge < -0.3 is 9.47 Å². The van der Waals surface area contributed by atoms with Gasteiger partial charge in [0.2, 0.25) is 0 Å². The summed E-state index contributed by atoms with van der Waals surface area (Å²) >= 11 is 0. The van der Waals surface area contributed by atoms with Gasteiger partial charge in [-0.1, -0.05) is 106 Å². The first kappa shape index (κ1) is 40.5. The first-order chi connectivity index (χ1) is 17.4. The van der Waals surface area contributed by atoms with Crippen LogP contribution in [0.3, 0.4) is 0 Å². The molecule has 3 nitrogen and oxygen atoms in total. The topological polar surface area (TPSA) is 35.5 Å². The van der Waals surface area contributed by atoms with Gasteiger partial charge in [0.15, 0.2) is 6.61 Å². The molecule has 1 aliphatic rings. The van der Waals surface area contributed by atoms with Crippen LogP contribution in [0.4, 0.5) is 0 Å². The number of rotatable bonds is 9. The van der Waals surface area contributed by atoms with Crippen LogP contribution in [0.25, 0.3) is 0 Å². The van der Waals surface area contributed by atoms with Crippen LogP contribution in [-0.4, -0.2) is 18.2 Å². The molecule has 0 aromatic rings. The minimum absolute atomic E-state index is 0.0443. The molecule has 0 radical (unpaired) electrons. The fourth-order valence-electron chi connectivity index (χ4n) is 4.11. The Morgan fingerprint density at radius 3 is 1.68 bits per heavy atom. The van der Waals surface area contributed by atoms with Crippen molar-refractivity contribution in [3.05, 3.63) is 61.4 Å². The van der Waals surface area contributed by atoms with Crippen molar-refractivity contribution < 1.29 is 14.3 Å². The van der Waals surface area contributed by atoms with Crippen molar-refractivity contribution in [1.29, 1.82) is 0 Å². The lowest BCUT2D eigenvalue weighted by Crippen LogP contribution is -2.32. The fourth-order valence-corrected chi connectivity index (χ4v) is 4.11. The average molecular weight is 533 g/mol. The average Bonchev–Trinajstić information content (AvgIpc) is 3.26. The van der Waals surface area contributed by atoms with Crippen LogP contribution in [0.1, 0.15) is 128 Å². The Hall–Kier alpha value is -2.03. The summed E-state index contributed by atoms with van der Waals surface area (Å²) in [5.41, 5.74) is 2.95. The second-order valence-corrected chi connectivity index (χ2v) is 12.7. The molecule has 222 valence electrons. The maximum atomic E-state index is 11.9. The molecule has 0 amide bonds. The van der Waals surface area contributed by atoms with E-state index in [-0.39, 0.29) is 18.2 Å². The predicted octanol–water partition coefficient (Wildman–Crippen LogP) is 11.2. The van der Waals surface area contributed by atoms with Crippen molar-refractivity contribution >= 4 is 5.97 Å². The number of esters is 1. The maximum Gasteiger partial charge on any atom is 0.344 e. The van der Waals surface area contributed by atoms with Crippen LogP contribution in [0.2, 0.25) is 0 Å². The molecular weight excluding hydrogens is 468 g/mol. The van der Waals surface area contributed by atoms with Crippen molar-refractivity contribution in [3.63, 3.8) is 0 Å². The van der Waals surface area contributed by atoms with Gasteiger partial charge >= 0.3 is 5.97 Å². The van der Waals surface area contributed by atoms with Crippen molar-refractivity contribution in [2.45, 2.75) is 134 Å². The van der Waals surface area contributed by atoms with E-state index in [4.69, 9.17) is 9.47 Å². The van der Waals surface area contributed by atoms with E-state index in [0.717, 1.165) is 50.0 Å². The number of hydrogen-bond donors (Lipinski definition) is 0. The highest BCUT2D eigenvalue weighted by Crippen LogP contribution is 2.36. The number of carbonyl (C=O) groups is 1. The number of ether oxygens (including phenoxy) is 2. The molecule has 3 heteroatoms. The van der Waals surface area contributed by atoms with E-state index >= 15 is 0 Å². The van der Waals surface area contributed by atoms with Crippen LogP contribution in [-0.2, 0) is 14.3 Å². The van der Waals surface area contributed by atoms with E-state index in [1.54, 1.807) is 18.2 Å². The summed E-state index contributed by atoms with van der Waals surface area (Å²) in [6.07, 6.45) is 12.3. The minimum atomic E-state index is -0.279. The summed E-state index contributed by atoms with van der Waals surface area (Å²) in [6.45, 7) is 40.3. The highest BCUT2D eigenvalue weighted by atomic mass is 16.6. The molecule has 0 aromatic heterocycles. The lowest BCUT2D eigenvalue weighted by molar-refractivity contribution is -0.163. The van der Waals surface area contributed by atoms with Crippen LogP contribution in [0.15, 0.2) is 61.4 Å². The Bertz CT molecular complexity index is 709. The van der Waals surface area contributed by atoms with Gasteiger partial charge in [-0.25, -0.2) is 4.79 Å². The minimum Gasteiger partial charge on any atom is -0.482 e. The molecule has 1 aliphatic carbocycles. The van der Waals surface area contributed by atoms with E-state index in [0.29, 0.717) is 16.6 Å². The molecule has 38 heavy (non-hydrogen) atoms. The third-order valence-electron chi connectivity index (χ3n) is 6.71. The Labute approximate surface area is 238 Å². The molecule has 0 saturated heterocycles. The zero-order valence-electron chi connectivity index (χ0n) is 27.5. The lowest BCUT2D eigenvalue weighted by Gasteiger charge is -2.32. The standard InChI is InChI=1S/C17H28O3.C11H24.C4H6.C3H6/c1-6-15(13(3)4)14(5)19-12-16(18)20-17(7-2)10-8-9-11-17;1-9(11(5,6)7)8-10(2,3)4;1-3-4-2;1-3-2/h5-12H2,1-4H3;9H,8H2,1-7H3;3-4H,1-2H2;3H,1H2,2H3. The Morgan fingerprint density at radius 2 is 1.42 bits per heavy atom. The van der Waals surface area contributed by atoms with E-state index < -0.39 is 0 Å². The second kappa shape index (κ2) is 20.9. The second-order valence-electron chi connectivity index (χ2n) is 12.7. The monoisotopic (exact) mass is 532 g/mol. The first-order valence-corrected chi connectivity index (χ1v) is 14.4. The molecule has 1 atom stereocenters. The summed E-state index contributed by atoms with van der Waals surface area (Å²) in [5.74, 6) is 1.11. The summed E-state index contributed by atoms with van der Waals surface area (Å²) in [6, 6.07) is 0. The SMILES string of the molecule is C=C(OCC(=O)OC1(CC)CCCC1)C(CC)=C(C)C.C=CC.C=CC=C.CC(CC(C)(C)C)C(C)(C)C. The zero-order valence-corrected chi connectivity index (χ0v) is 27.5. The fraction of sp³-hybridized carbons (Fsp3) is 0.686. The third kappa shape index (κ3) is 21.0. The van der Waals surface area contributed by atoms with E-state index in [1.807, 2.05) is 20.8 Å². The molecule has 0 aliphatic heterocycles. The van der Waals surface area contributed by atoms with Gasteiger partial charge in [0, 0.05) is 0 Å². The Balaban J connectivity index is -0.000000569. The third-order valence-corrected chi connectivity index (χ3v) is 6.71. The summed E-state index contributed by atoms with van der Waals surface area (Å²) in [4.78, 5) is 11.9. The summed E-state index contributed by atoms with van der Waals surface area (Å²) < 4.78 is 11.1. The molecule has 0 bridgehead atoms. The van der Waals surface area contributed by atoms with Crippen LogP contribution >= 0.6 is 0 Å². The number of hydrogen-bond acceptors (Lipinski definition) is 3. The van der Waals surface area contributed by atoms with Crippen molar-refractivity contribution in [2.75, 3.05) is 6.61 Å². The molecule has 0 heterocycles. The van der Waals surface area contributed by atoms with Gasteiger partial charge in [0.25, 0.3) is 0 Å². The van der Waals surface area contributed by atoms with Gasteiger partial charge in [0.05, 0.1) is 0 Å². The van der Waals surface area contributed by atoms with Crippen LogP contribution in [0.5, 0.6) is 0 Å². The first-order valence-electron chi connectivity index (χ1n) is 14.4. The molecule has 1 unspecified atom stereocenters. The highest BCUT2D eigenvalue weighted by Gasteiger charge is 2.35. The van der Waals surface area contributed by atoms with E-state index in [2.05, 4.69) is 88.6 Å². The normalized spacial score (nSPS) is 14.4. The maximum absolute atomic E-state index is 11.9. The Kier molecular flexibility index (Phi) is 22.2. The van der Waals surface area contributed by atoms with Crippen molar-refractivity contribution in [1.82, 2.24) is 0 Å². The quantitative estimate of drug-likeness (QED) is 0.128. The van der Waals surface area contributed by atoms with Crippen LogP contribution in [0, 0.1) is 16.7 Å². The lowest BCUT2D eigenvalue weighted by atomic mass is 9.73. The molecule has 0 spiro atoms. The smallest absolute Gasteiger partial charge is 0.344 e.